The van der Waals surface area contributed by atoms with Crippen LogP contribution in [0.3, 0.4) is 0 Å². The van der Waals surface area contributed by atoms with Gasteiger partial charge >= 0.3 is 6.03 Å². The average molecular weight is 564 g/mol. The third-order valence-corrected chi connectivity index (χ3v) is 8.49. The van der Waals surface area contributed by atoms with E-state index in [0.717, 1.165) is 11.3 Å². The van der Waals surface area contributed by atoms with Crippen LogP contribution in [0.25, 0.3) is 0 Å². The van der Waals surface area contributed by atoms with Crippen LogP contribution in [0.15, 0.2) is 58.9 Å². The van der Waals surface area contributed by atoms with Crippen LogP contribution in [-0.2, 0) is 4.79 Å². The first-order valence-electron chi connectivity index (χ1n) is 12.9. The van der Waals surface area contributed by atoms with Crippen LogP contribution in [0.5, 0.6) is 5.75 Å². The van der Waals surface area contributed by atoms with Crippen molar-refractivity contribution in [1.82, 2.24) is 15.1 Å². The Hall–Kier alpha value is -3.48. The Balaban J connectivity index is 1.70. The number of aliphatic imine (C=N–C) groups is 1. The molecule has 3 unspecified atom stereocenters. The maximum Gasteiger partial charge on any atom is 0.326 e. The van der Waals surface area contributed by atoms with Crippen LogP contribution in [0.4, 0.5) is 4.79 Å². The van der Waals surface area contributed by atoms with Gasteiger partial charge in [0.15, 0.2) is 0 Å². The number of hydrogen-bond donors (Lipinski definition) is 1. The van der Waals surface area contributed by atoms with Gasteiger partial charge in [0.1, 0.15) is 18.1 Å². The zero-order valence-corrected chi connectivity index (χ0v) is 23.6. The standard InChI is InChI=1S/C29H30ClN5O3S/c1-18(2)38-23-14-19(15-31)4-9-22(23)27-33-25(20-5-7-21(30)8-6-20)26(29(3)10-13-39-17-29)35(27)28(37)34-12-11-32-24(36)16-34/h4-10,13-14,18,25-26H,11-12,16-17H2,1-3H3,(H,32,36). The molecule has 3 heterocycles. The Morgan fingerprint density at radius 2 is 2.05 bits per heavy atom. The fourth-order valence-electron chi connectivity index (χ4n) is 5.26. The number of carbonyl (C=O) groups is 2. The van der Waals surface area contributed by atoms with Gasteiger partial charge in [-0.2, -0.15) is 5.26 Å². The van der Waals surface area contributed by atoms with E-state index in [1.165, 1.54) is 0 Å². The number of urea groups is 1. The quantitative estimate of drug-likeness (QED) is 0.553. The zero-order valence-electron chi connectivity index (χ0n) is 22.1. The van der Waals surface area contributed by atoms with Crippen molar-refractivity contribution in [3.63, 3.8) is 0 Å². The molecule has 3 aliphatic rings. The van der Waals surface area contributed by atoms with Crippen LogP contribution in [0.1, 0.15) is 43.5 Å². The summed E-state index contributed by atoms with van der Waals surface area (Å²) in [4.78, 5) is 35.2. The molecule has 0 aliphatic carbocycles. The summed E-state index contributed by atoms with van der Waals surface area (Å²) < 4.78 is 6.15. The first-order chi connectivity index (χ1) is 18.7. The van der Waals surface area contributed by atoms with Crippen LogP contribution < -0.4 is 10.1 Å². The second kappa shape index (κ2) is 10.9. The number of nitrogens with one attached hydrogen (secondary N) is 1. The summed E-state index contributed by atoms with van der Waals surface area (Å²) in [5.74, 6) is 1.52. The Morgan fingerprint density at radius 1 is 1.28 bits per heavy atom. The number of benzene rings is 2. The Labute approximate surface area is 237 Å². The van der Waals surface area contributed by atoms with E-state index in [1.54, 1.807) is 39.8 Å². The van der Waals surface area contributed by atoms with E-state index < -0.39 is 11.5 Å². The molecule has 0 saturated carbocycles. The third kappa shape index (κ3) is 5.36. The molecule has 1 N–H and O–H groups in total. The summed E-state index contributed by atoms with van der Waals surface area (Å²) in [7, 11) is 0. The largest absolute Gasteiger partial charge is 0.490 e. The van der Waals surface area contributed by atoms with E-state index in [9.17, 15) is 14.9 Å². The van der Waals surface area contributed by atoms with Crippen molar-refractivity contribution in [2.45, 2.75) is 39.0 Å². The predicted octanol–water partition coefficient (Wildman–Crippen LogP) is 4.99. The number of ether oxygens (including phenoxy) is 1. The van der Waals surface area contributed by atoms with Crippen molar-refractivity contribution in [2.75, 3.05) is 25.4 Å². The molecule has 1 saturated heterocycles. The monoisotopic (exact) mass is 563 g/mol. The number of amidine groups is 1. The minimum atomic E-state index is -0.403. The summed E-state index contributed by atoms with van der Waals surface area (Å²) in [6, 6.07) is 13.9. The van der Waals surface area contributed by atoms with Crippen molar-refractivity contribution in [2.24, 2.45) is 10.4 Å². The highest BCUT2D eigenvalue weighted by molar-refractivity contribution is 8.02. The number of amides is 3. The van der Waals surface area contributed by atoms with Crippen LogP contribution in [0.2, 0.25) is 5.02 Å². The van der Waals surface area contributed by atoms with Gasteiger partial charge in [0.2, 0.25) is 5.91 Å². The molecule has 39 heavy (non-hydrogen) atoms. The van der Waals surface area contributed by atoms with Crippen LogP contribution >= 0.6 is 23.4 Å². The highest BCUT2D eigenvalue weighted by atomic mass is 35.5. The van der Waals surface area contributed by atoms with Gasteiger partial charge in [-0.25, -0.2) is 4.79 Å². The van der Waals surface area contributed by atoms with E-state index in [0.29, 0.717) is 40.8 Å². The van der Waals surface area contributed by atoms with Gasteiger partial charge in [0.25, 0.3) is 0 Å². The number of thioether (sulfide) groups is 1. The molecule has 2 aromatic rings. The van der Waals surface area contributed by atoms with Gasteiger partial charge in [-0.15, -0.1) is 11.8 Å². The van der Waals surface area contributed by atoms with Gasteiger partial charge < -0.3 is 15.0 Å². The summed E-state index contributed by atoms with van der Waals surface area (Å²) in [6.45, 7) is 6.73. The predicted molar refractivity (Wildman–Crippen MR) is 153 cm³/mol. The fraction of sp³-hybridized carbons (Fsp3) is 0.379. The molecule has 0 bridgehead atoms. The third-order valence-electron chi connectivity index (χ3n) is 7.12. The lowest BCUT2D eigenvalue weighted by molar-refractivity contribution is -0.123. The van der Waals surface area contributed by atoms with E-state index in [4.69, 9.17) is 21.3 Å². The van der Waals surface area contributed by atoms with Crippen molar-refractivity contribution >= 4 is 41.1 Å². The Morgan fingerprint density at radius 3 is 2.69 bits per heavy atom. The lowest BCUT2D eigenvalue weighted by atomic mass is 9.78. The van der Waals surface area contributed by atoms with Crippen LogP contribution in [-0.4, -0.2) is 65.1 Å². The Bertz CT molecular complexity index is 1390. The average Bonchev–Trinajstić information content (AvgIpc) is 3.53. The first-order valence-corrected chi connectivity index (χ1v) is 14.3. The summed E-state index contributed by atoms with van der Waals surface area (Å²) >= 11 is 7.93. The molecule has 0 aromatic heterocycles. The van der Waals surface area contributed by atoms with Crippen LogP contribution in [0, 0.1) is 16.7 Å². The summed E-state index contributed by atoms with van der Waals surface area (Å²) in [5, 5.41) is 15.0. The van der Waals surface area contributed by atoms with E-state index in [1.807, 2.05) is 38.1 Å². The minimum absolute atomic E-state index is 0.0228. The maximum absolute atomic E-state index is 14.4. The molecule has 1 fully saturated rings. The molecule has 8 nitrogen and oxygen atoms in total. The van der Waals surface area contributed by atoms with E-state index in [2.05, 4.69) is 29.8 Å². The van der Waals surface area contributed by atoms with Gasteiger partial charge in [-0.05, 0) is 55.2 Å². The molecule has 10 heteroatoms. The normalized spacial score (nSPS) is 24.5. The lowest BCUT2D eigenvalue weighted by Gasteiger charge is -2.41. The number of nitriles is 1. The lowest BCUT2D eigenvalue weighted by Crippen LogP contribution is -2.59. The maximum atomic E-state index is 14.4. The molecule has 3 amide bonds. The number of carbonyl (C=O) groups excluding carboxylic acids is 2. The molecule has 3 atom stereocenters. The van der Waals surface area contributed by atoms with Gasteiger partial charge in [-0.3, -0.25) is 14.7 Å². The van der Waals surface area contributed by atoms with E-state index >= 15 is 0 Å². The second-order valence-electron chi connectivity index (χ2n) is 10.4. The molecular formula is C29H30ClN5O3S. The molecule has 2 aromatic carbocycles. The SMILES string of the molecule is CC(C)Oc1cc(C#N)ccc1C1=NC(c2ccc(Cl)cc2)C(C2(C)C=CSC2)N1C(=O)N1CCNC(=O)C1. The Kier molecular flexibility index (Phi) is 7.61. The molecule has 3 aliphatic heterocycles. The topological polar surface area (TPSA) is 98.0 Å². The van der Waals surface area contributed by atoms with Crippen molar-refractivity contribution in [1.29, 1.82) is 5.26 Å². The van der Waals surface area contributed by atoms with Crippen molar-refractivity contribution in [3.8, 4) is 11.8 Å². The number of nitrogens with zero attached hydrogens (tertiary/aromatic N) is 4. The molecule has 0 spiro atoms. The van der Waals surface area contributed by atoms with Gasteiger partial charge in [0, 0.05) is 29.3 Å². The van der Waals surface area contributed by atoms with Gasteiger partial charge in [-0.1, -0.05) is 36.7 Å². The smallest absolute Gasteiger partial charge is 0.326 e. The van der Waals surface area contributed by atoms with Crippen molar-refractivity contribution in [3.05, 3.63) is 75.7 Å². The molecule has 0 radical (unpaired) electrons. The number of hydrogen-bond acceptors (Lipinski definition) is 6. The summed E-state index contributed by atoms with van der Waals surface area (Å²) in [6.07, 6.45) is 1.99. The zero-order chi connectivity index (χ0) is 27.7. The highest BCUT2D eigenvalue weighted by Crippen LogP contribution is 2.49. The second-order valence-corrected chi connectivity index (χ2v) is 11.8. The molecule has 202 valence electrons. The molecular weight excluding hydrogens is 534 g/mol. The minimum Gasteiger partial charge on any atom is -0.490 e. The first kappa shape index (κ1) is 27.1. The highest BCUT2D eigenvalue weighted by Gasteiger charge is 2.52. The fourth-order valence-corrected chi connectivity index (χ4v) is 6.52. The van der Waals surface area contributed by atoms with E-state index in [-0.39, 0.29) is 30.6 Å². The summed E-state index contributed by atoms with van der Waals surface area (Å²) in [5.41, 5.74) is 1.60. The van der Waals surface area contributed by atoms with Crippen molar-refractivity contribution < 1.29 is 14.3 Å². The number of halogens is 1. The molecule has 5 rings (SSSR count). The van der Waals surface area contributed by atoms with Gasteiger partial charge in [0.05, 0.1) is 35.4 Å². The number of rotatable bonds is 5. The number of piperazine rings is 1.